The van der Waals surface area contributed by atoms with Crippen molar-refractivity contribution in [1.29, 1.82) is 0 Å². The maximum Gasteiger partial charge on any atom is 0.293 e. The number of nitro benzene ring substituents is 1. The predicted octanol–water partition coefficient (Wildman–Crippen LogP) is 6.03. The minimum Gasteiger partial charge on any atom is -0.451 e. The van der Waals surface area contributed by atoms with Crippen molar-refractivity contribution in [2.24, 2.45) is 0 Å². The first-order valence-corrected chi connectivity index (χ1v) is 8.65. The molecule has 3 rings (SSSR count). The largest absolute Gasteiger partial charge is 0.451 e. The van der Waals surface area contributed by atoms with E-state index in [1.54, 1.807) is 44.2 Å². The van der Waals surface area contributed by atoms with Gasteiger partial charge in [0.25, 0.3) is 11.6 Å². The minimum absolute atomic E-state index is 0.00348. The highest BCUT2D eigenvalue weighted by Gasteiger charge is 2.22. The third-order valence-corrected chi connectivity index (χ3v) is 5.01. The highest BCUT2D eigenvalue weighted by Crippen LogP contribution is 2.35. The van der Waals surface area contributed by atoms with Crippen molar-refractivity contribution >= 4 is 40.5 Å². The summed E-state index contributed by atoms with van der Waals surface area (Å²) in [5.74, 6) is -0.240. The van der Waals surface area contributed by atoms with E-state index in [9.17, 15) is 14.9 Å². The Balaban J connectivity index is 1.93. The first-order chi connectivity index (χ1) is 12.8. The predicted molar refractivity (Wildman–Crippen MR) is 105 cm³/mol. The number of aryl methyl sites for hydroxylation is 1. The number of hydrogen-bond donors (Lipinski definition) is 1. The average Bonchev–Trinajstić information content (AvgIpc) is 3.11. The fraction of sp³-hybridized carbons (Fsp3) is 0.105. The number of furan rings is 1. The maximum atomic E-state index is 12.6. The molecule has 0 fully saturated rings. The molecule has 27 heavy (non-hydrogen) atoms. The Bertz CT molecular complexity index is 1060. The number of benzene rings is 2. The van der Waals surface area contributed by atoms with E-state index in [1.165, 1.54) is 12.1 Å². The molecule has 0 saturated heterocycles. The van der Waals surface area contributed by atoms with E-state index < -0.39 is 10.8 Å². The average molecular weight is 405 g/mol. The van der Waals surface area contributed by atoms with Crippen LogP contribution in [0.2, 0.25) is 10.0 Å². The Labute approximate surface area is 164 Å². The molecule has 0 saturated carbocycles. The van der Waals surface area contributed by atoms with Crippen LogP contribution in [0.25, 0.3) is 11.3 Å². The zero-order chi connectivity index (χ0) is 19.7. The summed E-state index contributed by atoms with van der Waals surface area (Å²) in [6, 6.07) is 11.1. The fourth-order valence-corrected chi connectivity index (χ4v) is 2.98. The van der Waals surface area contributed by atoms with Crippen LogP contribution in [0, 0.1) is 24.0 Å². The van der Waals surface area contributed by atoms with Gasteiger partial charge in [0, 0.05) is 11.6 Å². The number of nitrogens with one attached hydrogen (secondary N) is 1. The zero-order valence-electron chi connectivity index (χ0n) is 14.4. The highest BCUT2D eigenvalue weighted by atomic mass is 35.5. The van der Waals surface area contributed by atoms with Gasteiger partial charge < -0.3 is 9.73 Å². The van der Waals surface area contributed by atoms with Gasteiger partial charge in [0.05, 0.1) is 15.0 Å². The van der Waals surface area contributed by atoms with Gasteiger partial charge in [-0.25, -0.2) is 0 Å². The highest BCUT2D eigenvalue weighted by molar-refractivity contribution is 6.43. The second-order valence-corrected chi connectivity index (χ2v) is 6.66. The summed E-state index contributed by atoms with van der Waals surface area (Å²) >= 11 is 12.2. The van der Waals surface area contributed by atoms with Gasteiger partial charge in [-0.15, -0.1) is 0 Å². The first-order valence-electron chi connectivity index (χ1n) is 7.89. The van der Waals surface area contributed by atoms with Gasteiger partial charge in [0.15, 0.2) is 5.76 Å². The first kappa shape index (κ1) is 18.9. The van der Waals surface area contributed by atoms with Crippen LogP contribution in [-0.4, -0.2) is 10.8 Å². The van der Waals surface area contributed by atoms with E-state index in [1.807, 2.05) is 0 Å². The van der Waals surface area contributed by atoms with Crippen LogP contribution >= 0.6 is 23.2 Å². The summed E-state index contributed by atoms with van der Waals surface area (Å²) < 4.78 is 5.59. The third kappa shape index (κ3) is 3.67. The monoisotopic (exact) mass is 404 g/mol. The lowest BCUT2D eigenvalue weighted by Gasteiger charge is -2.10. The van der Waals surface area contributed by atoms with Crippen LogP contribution in [0.3, 0.4) is 0 Å². The van der Waals surface area contributed by atoms with Crippen molar-refractivity contribution in [3.63, 3.8) is 0 Å². The van der Waals surface area contributed by atoms with Crippen LogP contribution in [-0.2, 0) is 0 Å². The van der Waals surface area contributed by atoms with Gasteiger partial charge in [0.1, 0.15) is 11.4 Å². The number of carbonyl (C=O) groups is 1. The van der Waals surface area contributed by atoms with Crippen molar-refractivity contribution in [3.05, 3.63) is 79.5 Å². The molecule has 8 heteroatoms. The van der Waals surface area contributed by atoms with Crippen molar-refractivity contribution in [1.82, 2.24) is 0 Å². The molecule has 0 aliphatic carbocycles. The lowest BCUT2D eigenvalue weighted by atomic mass is 10.1. The molecule has 0 radical (unpaired) electrons. The molecule has 0 spiro atoms. The number of rotatable bonds is 4. The summed E-state index contributed by atoms with van der Waals surface area (Å²) in [6.07, 6.45) is 0. The lowest BCUT2D eigenvalue weighted by molar-refractivity contribution is -0.384. The molecule has 3 aromatic rings. The Hall–Kier alpha value is -2.83. The molecule has 1 N–H and O–H groups in total. The van der Waals surface area contributed by atoms with Crippen LogP contribution in [0.1, 0.15) is 21.7 Å². The van der Waals surface area contributed by atoms with Crippen molar-refractivity contribution in [2.75, 3.05) is 5.32 Å². The third-order valence-electron chi connectivity index (χ3n) is 4.20. The topological polar surface area (TPSA) is 85.4 Å². The van der Waals surface area contributed by atoms with Gasteiger partial charge in [-0.1, -0.05) is 35.3 Å². The number of halogens is 2. The second kappa shape index (κ2) is 7.42. The summed E-state index contributed by atoms with van der Waals surface area (Å²) in [6.45, 7) is 3.51. The molecule has 1 aromatic heterocycles. The van der Waals surface area contributed by atoms with E-state index in [4.69, 9.17) is 27.6 Å². The fourth-order valence-electron chi connectivity index (χ4n) is 2.59. The van der Waals surface area contributed by atoms with E-state index in [2.05, 4.69) is 5.32 Å². The summed E-state index contributed by atoms with van der Waals surface area (Å²) in [7, 11) is 0. The molecule has 1 amide bonds. The Morgan fingerprint density at radius 3 is 2.56 bits per heavy atom. The van der Waals surface area contributed by atoms with E-state index >= 15 is 0 Å². The van der Waals surface area contributed by atoms with Crippen LogP contribution in [0.5, 0.6) is 0 Å². The molecule has 138 valence electrons. The van der Waals surface area contributed by atoms with Gasteiger partial charge in [0.2, 0.25) is 0 Å². The van der Waals surface area contributed by atoms with Crippen LogP contribution < -0.4 is 5.32 Å². The van der Waals surface area contributed by atoms with Gasteiger partial charge in [-0.3, -0.25) is 14.9 Å². The molecular weight excluding hydrogens is 391 g/mol. The van der Waals surface area contributed by atoms with E-state index in [0.717, 1.165) is 5.56 Å². The maximum absolute atomic E-state index is 12.6. The standard InChI is InChI=1S/C19H14Cl2N2O4/c1-10-6-7-14(23(25)26)18(11(10)2)22-19(24)16-9-8-15(27-16)12-4-3-5-13(20)17(12)21/h3-9H,1-2H3,(H,22,24). The quantitative estimate of drug-likeness (QED) is 0.424. The second-order valence-electron chi connectivity index (χ2n) is 5.88. The summed E-state index contributed by atoms with van der Waals surface area (Å²) in [5.41, 5.74) is 1.93. The summed E-state index contributed by atoms with van der Waals surface area (Å²) in [4.78, 5) is 23.3. The lowest BCUT2D eigenvalue weighted by Crippen LogP contribution is -2.14. The number of anilines is 1. The molecule has 0 unspecified atom stereocenters. The van der Waals surface area contributed by atoms with Crippen LogP contribution in [0.15, 0.2) is 46.9 Å². The van der Waals surface area contributed by atoms with Crippen LogP contribution in [0.4, 0.5) is 11.4 Å². The molecule has 0 aliphatic rings. The normalized spacial score (nSPS) is 10.7. The number of nitro groups is 1. The Morgan fingerprint density at radius 1 is 1.11 bits per heavy atom. The molecule has 6 nitrogen and oxygen atoms in total. The van der Waals surface area contributed by atoms with Crippen molar-refractivity contribution < 1.29 is 14.1 Å². The Morgan fingerprint density at radius 2 is 1.85 bits per heavy atom. The summed E-state index contributed by atoms with van der Waals surface area (Å²) in [5, 5.41) is 14.5. The van der Waals surface area contributed by atoms with Gasteiger partial charge in [-0.05, 0) is 49.2 Å². The zero-order valence-corrected chi connectivity index (χ0v) is 15.9. The number of carbonyl (C=O) groups excluding carboxylic acids is 1. The molecule has 1 heterocycles. The molecule has 0 bridgehead atoms. The Kier molecular flexibility index (Phi) is 5.21. The van der Waals surface area contributed by atoms with Crippen molar-refractivity contribution in [3.8, 4) is 11.3 Å². The van der Waals surface area contributed by atoms with Gasteiger partial charge in [-0.2, -0.15) is 0 Å². The van der Waals surface area contributed by atoms with Gasteiger partial charge >= 0.3 is 0 Å². The SMILES string of the molecule is Cc1ccc([N+](=O)[O-])c(NC(=O)c2ccc(-c3cccc(Cl)c3Cl)o2)c1C. The van der Waals surface area contributed by atoms with E-state index in [-0.39, 0.29) is 17.1 Å². The number of nitrogens with zero attached hydrogens (tertiary/aromatic N) is 1. The minimum atomic E-state index is -0.601. The molecule has 0 aliphatic heterocycles. The number of amides is 1. The number of hydrogen-bond acceptors (Lipinski definition) is 4. The molecular formula is C19H14Cl2N2O4. The molecule has 0 atom stereocenters. The van der Waals surface area contributed by atoms with E-state index in [0.29, 0.717) is 26.9 Å². The van der Waals surface area contributed by atoms with Crippen molar-refractivity contribution in [2.45, 2.75) is 13.8 Å². The molecule has 2 aromatic carbocycles. The smallest absolute Gasteiger partial charge is 0.293 e.